The van der Waals surface area contributed by atoms with Crippen molar-refractivity contribution < 1.29 is 4.79 Å². The molecule has 4 heteroatoms. The van der Waals surface area contributed by atoms with Crippen LogP contribution in [0, 0.1) is 0 Å². The Morgan fingerprint density at radius 1 is 1.19 bits per heavy atom. The molecule has 0 aliphatic heterocycles. The van der Waals surface area contributed by atoms with Gasteiger partial charge in [-0.15, -0.1) is 0 Å². The summed E-state index contributed by atoms with van der Waals surface area (Å²) >= 11 is 9.39. The number of rotatable bonds is 6. The molecule has 0 atom stereocenters. The van der Waals surface area contributed by atoms with E-state index in [1.807, 2.05) is 55.6 Å². The molecule has 2 rings (SSSR count). The summed E-state index contributed by atoms with van der Waals surface area (Å²) in [6.45, 7) is 1.50. The fraction of sp³-hybridized carbons (Fsp3) is 0.235. The zero-order chi connectivity index (χ0) is 15.2. The van der Waals surface area contributed by atoms with Gasteiger partial charge in [-0.3, -0.25) is 4.79 Å². The second-order valence-corrected chi connectivity index (χ2v) is 6.31. The van der Waals surface area contributed by atoms with Crippen LogP contribution in [0.5, 0.6) is 0 Å². The highest BCUT2D eigenvalue weighted by molar-refractivity contribution is 9.10. The lowest BCUT2D eigenvalue weighted by Gasteiger charge is -2.16. The zero-order valence-electron chi connectivity index (χ0n) is 11.9. The summed E-state index contributed by atoms with van der Waals surface area (Å²) in [7, 11) is 2.01. The Hall–Kier alpha value is -1.16. The molecule has 0 radical (unpaired) electrons. The molecule has 0 fully saturated rings. The monoisotopic (exact) mass is 365 g/mol. The summed E-state index contributed by atoms with van der Waals surface area (Å²) in [5, 5.41) is 0.741. The molecule has 0 aliphatic rings. The van der Waals surface area contributed by atoms with Crippen molar-refractivity contribution in [3.63, 3.8) is 0 Å². The van der Waals surface area contributed by atoms with Crippen LogP contribution < -0.4 is 0 Å². The maximum absolute atomic E-state index is 12.2. The summed E-state index contributed by atoms with van der Waals surface area (Å²) in [5.74, 6) is 0.153. The minimum atomic E-state index is 0.153. The fourth-order valence-corrected chi connectivity index (χ4v) is 2.86. The first-order chi connectivity index (χ1) is 10.1. The van der Waals surface area contributed by atoms with E-state index in [9.17, 15) is 4.79 Å². The summed E-state index contributed by atoms with van der Waals surface area (Å²) in [5.41, 5.74) is 1.90. The van der Waals surface area contributed by atoms with E-state index in [1.165, 1.54) is 0 Å². The molecule has 0 saturated carbocycles. The average molecular weight is 367 g/mol. The average Bonchev–Trinajstić information content (AvgIpc) is 2.45. The Morgan fingerprint density at radius 3 is 2.67 bits per heavy atom. The standard InChI is InChI=1S/C17H17BrClNO/c1-20(12-13-5-4-6-14(19)11-13)10-9-17(21)15-7-2-3-8-16(15)18/h2-8,11H,9-10,12H2,1H3. The van der Waals surface area contributed by atoms with Crippen LogP contribution in [0.4, 0.5) is 0 Å². The third kappa shape index (κ3) is 4.95. The van der Waals surface area contributed by atoms with Crippen LogP contribution in [-0.2, 0) is 6.54 Å². The minimum Gasteiger partial charge on any atom is -0.302 e. The molecular formula is C17H17BrClNO. The molecular weight excluding hydrogens is 350 g/mol. The third-order valence-electron chi connectivity index (χ3n) is 3.24. The minimum absolute atomic E-state index is 0.153. The number of carbonyl (C=O) groups is 1. The fourth-order valence-electron chi connectivity index (χ4n) is 2.14. The number of nitrogens with zero attached hydrogens (tertiary/aromatic N) is 1. The Labute approximate surface area is 138 Å². The molecule has 0 saturated heterocycles. The second kappa shape index (κ2) is 7.74. The van der Waals surface area contributed by atoms with Crippen LogP contribution >= 0.6 is 27.5 Å². The molecule has 0 aromatic heterocycles. The van der Waals surface area contributed by atoms with Crippen molar-refractivity contribution in [2.75, 3.05) is 13.6 Å². The molecule has 0 amide bonds. The van der Waals surface area contributed by atoms with E-state index in [0.29, 0.717) is 13.0 Å². The number of carbonyl (C=O) groups excluding carboxylic acids is 1. The molecule has 0 unspecified atom stereocenters. The van der Waals surface area contributed by atoms with Gasteiger partial charge in [-0.25, -0.2) is 0 Å². The van der Waals surface area contributed by atoms with Gasteiger partial charge in [0, 0.05) is 34.6 Å². The molecule has 0 heterocycles. The highest BCUT2D eigenvalue weighted by Gasteiger charge is 2.10. The molecule has 110 valence electrons. The predicted molar refractivity (Wildman–Crippen MR) is 90.9 cm³/mol. The largest absolute Gasteiger partial charge is 0.302 e. The van der Waals surface area contributed by atoms with Gasteiger partial charge in [-0.05, 0) is 30.8 Å². The van der Waals surface area contributed by atoms with Crippen LogP contribution in [0.25, 0.3) is 0 Å². The smallest absolute Gasteiger partial charge is 0.165 e. The van der Waals surface area contributed by atoms with Crippen molar-refractivity contribution >= 4 is 33.3 Å². The van der Waals surface area contributed by atoms with Crippen molar-refractivity contribution in [1.82, 2.24) is 4.90 Å². The quantitative estimate of drug-likeness (QED) is 0.684. The number of hydrogen-bond acceptors (Lipinski definition) is 2. The van der Waals surface area contributed by atoms with Gasteiger partial charge in [0.25, 0.3) is 0 Å². The Bertz CT molecular complexity index is 630. The second-order valence-electron chi connectivity index (χ2n) is 5.02. The number of hydrogen-bond donors (Lipinski definition) is 0. The molecule has 0 spiro atoms. The van der Waals surface area contributed by atoms with E-state index < -0.39 is 0 Å². The number of Topliss-reactive ketones (excluding diaryl/α,β-unsaturated/α-hetero) is 1. The normalized spacial score (nSPS) is 10.9. The molecule has 2 aromatic rings. The molecule has 21 heavy (non-hydrogen) atoms. The number of ketones is 1. The van der Waals surface area contributed by atoms with Gasteiger partial charge in [0.05, 0.1) is 0 Å². The van der Waals surface area contributed by atoms with Gasteiger partial charge in [-0.1, -0.05) is 57.9 Å². The van der Waals surface area contributed by atoms with Crippen molar-refractivity contribution in [1.29, 1.82) is 0 Å². The van der Waals surface area contributed by atoms with E-state index in [4.69, 9.17) is 11.6 Å². The first-order valence-electron chi connectivity index (χ1n) is 6.77. The van der Waals surface area contributed by atoms with Crippen molar-refractivity contribution in [3.05, 3.63) is 69.2 Å². The summed E-state index contributed by atoms with van der Waals surface area (Å²) in [6, 6.07) is 15.3. The SMILES string of the molecule is CN(CCC(=O)c1ccccc1Br)Cc1cccc(Cl)c1. The molecule has 0 N–H and O–H groups in total. The summed E-state index contributed by atoms with van der Waals surface area (Å²) in [6.07, 6.45) is 0.500. The number of benzene rings is 2. The van der Waals surface area contributed by atoms with Gasteiger partial charge in [0.15, 0.2) is 5.78 Å². The summed E-state index contributed by atoms with van der Waals surface area (Å²) in [4.78, 5) is 14.3. The number of halogens is 2. The zero-order valence-corrected chi connectivity index (χ0v) is 14.2. The van der Waals surface area contributed by atoms with E-state index in [2.05, 4.69) is 20.8 Å². The Morgan fingerprint density at radius 2 is 1.95 bits per heavy atom. The van der Waals surface area contributed by atoms with E-state index in [-0.39, 0.29) is 5.78 Å². The maximum Gasteiger partial charge on any atom is 0.165 e. The van der Waals surface area contributed by atoms with Gasteiger partial charge >= 0.3 is 0 Å². The lowest BCUT2D eigenvalue weighted by atomic mass is 10.1. The molecule has 2 aromatic carbocycles. The predicted octanol–water partition coefficient (Wildman–Crippen LogP) is 4.81. The first-order valence-corrected chi connectivity index (χ1v) is 7.94. The van der Waals surface area contributed by atoms with Crippen LogP contribution in [-0.4, -0.2) is 24.3 Å². The highest BCUT2D eigenvalue weighted by atomic mass is 79.9. The van der Waals surface area contributed by atoms with Gasteiger partial charge in [0.2, 0.25) is 0 Å². The van der Waals surface area contributed by atoms with Crippen molar-refractivity contribution in [2.24, 2.45) is 0 Å². The van der Waals surface area contributed by atoms with E-state index in [0.717, 1.165) is 27.2 Å². The third-order valence-corrected chi connectivity index (χ3v) is 4.16. The van der Waals surface area contributed by atoms with Gasteiger partial charge in [-0.2, -0.15) is 0 Å². The lowest BCUT2D eigenvalue weighted by molar-refractivity contribution is 0.0967. The van der Waals surface area contributed by atoms with Crippen molar-refractivity contribution in [3.8, 4) is 0 Å². The maximum atomic E-state index is 12.2. The molecule has 0 aliphatic carbocycles. The van der Waals surface area contributed by atoms with Crippen LogP contribution in [0.3, 0.4) is 0 Å². The van der Waals surface area contributed by atoms with Gasteiger partial charge < -0.3 is 4.90 Å². The van der Waals surface area contributed by atoms with Crippen LogP contribution in [0.15, 0.2) is 53.0 Å². The topological polar surface area (TPSA) is 20.3 Å². The molecule has 2 nitrogen and oxygen atoms in total. The Kier molecular flexibility index (Phi) is 5.97. The lowest BCUT2D eigenvalue weighted by Crippen LogP contribution is -2.21. The summed E-state index contributed by atoms with van der Waals surface area (Å²) < 4.78 is 0.854. The highest BCUT2D eigenvalue weighted by Crippen LogP contribution is 2.18. The van der Waals surface area contributed by atoms with E-state index >= 15 is 0 Å². The van der Waals surface area contributed by atoms with Crippen molar-refractivity contribution in [2.45, 2.75) is 13.0 Å². The van der Waals surface area contributed by atoms with Crippen LogP contribution in [0.1, 0.15) is 22.3 Å². The Balaban J connectivity index is 1.88. The van der Waals surface area contributed by atoms with Crippen LogP contribution in [0.2, 0.25) is 5.02 Å². The van der Waals surface area contributed by atoms with E-state index in [1.54, 1.807) is 0 Å². The van der Waals surface area contributed by atoms with Gasteiger partial charge in [0.1, 0.15) is 0 Å². The first kappa shape index (κ1) is 16.2. The molecule has 0 bridgehead atoms.